The predicted molar refractivity (Wildman–Crippen MR) is 82.2 cm³/mol. The second kappa shape index (κ2) is 9.30. The summed E-state index contributed by atoms with van der Waals surface area (Å²) < 4.78 is 5.26. The molecule has 102 valence electrons. The van der Waals surface area contributed by atoms with Gasteiger partial charge in [-0.15, -0.1) is 11.3 Å². The summed E-state index contributed by atoms with van der Waals surface area (Å²) in [6.45, 7) is 7.43. The van der Waals surface area contributed by atoms with Crippen LogP contribution < -0.4 is 10.6 Å². The zero-order valence-corrected chi connectivity index (χ0v) is 12.8. The van der Waals surface area contributed by atoms with Crippen LogP contribution in [0.1, 0.15) is 30.7 Å². The third kappa shape index (κ3) is 5.80. The van der Waals surface area contributed by atoms with Crippen LogP contribution in [-0.2, 0) is 17.7 Å². The van der Waals surface area contributed by atoms with Crippen molar-refractivity contribution in [2.75, 3.05) is 19.8 Å². The van der Waals surface area contributed by atoms with E-state index in [0.29, 0.717) is 0 Å². The zero-order chi connectivity index (χ0) is 13.2. The first-order valence-corrected chi connectivity index (χ1v) is 7.71. The molecule has 1 heterocycles. The minimum absolute atomic E-state index is 0.724. The van der Waals surface area contributed by atoms with E-state index in [1.54, 1.807) is 11.3 Å². The second-order valence-electron chi connectivity index (χ2n) is 3.88. The van der Waals surface area contributed by atoms with Gasteiger partial charge in [0.15, 0.2) is 5.11 Å². The molecule has 1 rings (SSSR count). The highest BCUT2D eigenvalue weighted by Gasteiger charge is 2.02. The van der Waals surface area contributed by atoms with Crippen LogP contribution in [0.5, 0.6) is 0 Å². The van der Waals surface area contributed by atoms with E-state index >= 15 is 0 Å². The minimum Gasteiger partial charge on any atom is -0.382 e. The van der Waals surface area contributed by atoms with Gasteiger partial charge in [0.05, 0.1) is 6.54 Å². The summed E-state index contributed by atoms with van der Waals surface area (Å²) in [4.78, 5) is 1.37. The fourth-order valence-corrected chi connectivity index (χ4v) is 2.67. The van der Waals surface area contributed by atoms with Crippen molar-refractivity contribution in [1.29, 1.82) is 0 Å². The van der Waals surface area contributed by atoms with Crippen molar-refractivity contribution in [1.82, 2.24) is 10.6 Å². The summed E-state index contributed by atoms with van der Waals surface area (Å²) in [5.74, 6) is 0. The normalized spacial score (nSPS) is 10.3. The molecular weight excluding hydrogens is 264 g/mol. The monoisotopic (exact) mass is 286 g/mol. The van der Waals surface area contributed by atoms with Gasteiger partial charge in [-0.1, -0.05) is 6.92 Å². The summed E-state index contributed by atoms with van der Waals surface area (Å²) in [5, 5.41) is 9.28. The third-order valence-corrected chi connectivity index (χ3v) is 3.84. The zero-order valence-electron chi connectivity index (χ0n) is 11.1. The average Bonchev–Trinajstić information content (AvgIpc) is 2.83. The van der Waals surface area contributed by atoms with Crippen LogP contribution in [-0.4, -0.2) is 24.9 Å². The number of nitrogens with one attached hydrogen (secondary N) is 2. The lowest BCUT2D eigenvalue weighted by Gasteiger charge is -2.10. The maximum Gasteiger partial charge on any atom is 0.166 e. The van der Waals surface area contributed by atoms with Crippen LogP contribution in [0.4, 0.5) is 0 Å². The molecule has 0 saturated heterocycles. The van der Waals surface area contributed by atoms with Crippen molar-refractivity contribution < 1.29 is 4.74 Å². The van der Waals surface area contributed by atoms with Gasteiger partial charge in [0.1, 0.15) is 0 Å². The lowest BCUT2D eigenvalue weighted by Crippen LogP contribution is -2.35. The Morgan fingerprint density at radius 3 is 2.94 bits per heavy atom. The number of rotatable bonds is 8. The van der Waals surface area contributed by atoms with Crippen LogP contribution in [0.25, 0.3) is 0 Å². The SMILES string of the molecule is CCOCCCNC(=S)NCc1sccc1CC. The predicted octanol–water partition coefficient (Wildman–Crippen LogP) is 2.70. The molecule has 18 heavy (non-hydrogen) atoms. The van der Waals surface area contributed by atoms with Crippen molar-refractivity contribution in [3.63, 3.8) is 0 Å². The van der Waals surface area contributed by atoms with Gasteiger partial charge in [0.25, 0.3) is 0 Å². The van der Waals surface area contributed by atoms with Gasteiger partial charge in [-0.3, -0.25) is 0 Å². The molecule has 0 atom stereocenters. The molecule has 0 bridgehead atoms. The van der Waals surface area contributed by atoms with E-state index in [4.69, 9.17) is 17.0 Å². The van der Waals surface area contributed by atoms with E-state index in [0.717, 1.165) is 44.3 Å². The number of ether oxygens (including phenoxy) is 1. The number of thiocarbonyl (C=S) groups is 1. The molecule has 2 N–H and O–H groups in total. The van der Waals surface area contributed by atoms with Crippen LogP contribution in [0.15, 0.2) is 11.4 Å². The number of aryl methyl sites for hydroxylation is 1. The van der Waals surface area contributed by atoms with E-state index in [1.807, 2.05) is 6.92 Å². The van der Waals surface area contributed by atoms with Gasteiger partial charge in [0, 0.05) is 24.6 Å². The largest absolute Gasteiger partial charge is 0.382 e. The smallest absolute Gasteiger partial charge is 0.166 e. The Bertz CT molecular complexity index is 353. The molecule has 0 unspecified atom stereocenters. The Morgan fingerprint density at radius 1 is 1.39 bits per heavy atom. The van der Waals surface area contributed by atoms with Crippen LogP contribution in [0.2, 0.25) is 0 Å². The first kappa shape index (κ1) is 15.4. The van der Waals surface area contributed by atoms with Gasteiger partial charge in [0.2, 0.25) is 0 Å². The highest BCUT2D eigenvalue weighted by Crippen LogP contribution is 2.16. The first-order valence-electron chi connectivity index (χ1n) is 6.42. The van der Waals surface area contributed by atoms with Gasteiger partial charge in [-0.2, -0.15) is 0 Å². The molecule has 1 aromatic heterocycles. The molecule has 0 aromatic carbocycles. The van der Waals surface area contributed by atoms with Crippen LogP contribution in [0, 0.1) is 0 Å². The molecule has 1 aromatic rings. The van der Waals surface area contributed by atoms with Gasteiger partial charge >= 0.3 is 0 Å². The number of thiophene rings is 1. The van der Waals surface area contributed by atoms with E-state index in [1.165, 1.54) is 10.4 Å². The van der Waals surface area contributed by atoms with Gasteiger partial charge in [-0.05, 0) is 49.0 Å². The Balaban J connectivity index is 2.13. The molecule has 0 radical (unpaired) electrons. The highest BCUT2D eigenvalue weighted by atomic mass is 32.1. The molecule has 0 amide bonds. The van der Waals surface area contributed by atoms with Gasteiger partial charge in [-0.25, -0.2) is 0 Å². The second-order valence-corrected chi connectivity index (χ2v) is 5.29. The Kier molecular flexibility index (Phi) is 7.96. The lowest BCUT2D eigenvalue weighted by atomic mass is 10.2. The molecular formula is C13H22N2OS2. The Hall–Kier alpha value is -0.650. The van der Waals surface area contributed by atoms with Crippen molar-refractivity contribution in [2.45, 2.75) is 33.2 Å². The number of hydrogen-bond acceptors (Lipinski definition) is 3. The quantitative estimate of drug-likeness (QED) is 0.569. The first-order chi connectivity index (χ1) is 8.77. The van der Waals surface area contributed by atoms with Gasteiger partial charge < -0.3 is 15.4 Å². The Labute approximate surface area is 119 Å². The van der Waals surface area contributed by atoms with E-state index in [-0.39, 0.29) is 0 Å². The van der Waals surface area contributed by atoms with E-state index < -0.39 is 0 Å². The molecule has 3 nitrogen and oxygen atoms in total. The number of hydrogen-bond donors (Lipinski definition) is 2. The van der Waals surface area contributed by atoms with Crippen LogP contribution in [0.3, 0.4) is 0 Å². The molecule has 0 fully saturated rings. The fraction of sp³-hybridized carbons (Fsp3) is 0.615. The summed E-state index contributed by atoms with van der Waals surface area (Å²) in [5.41, 5.74) is 1.41. The third-order valence-electron chi connectivity index (χ3n) is 2.58. The summed E-state index contributed by atoms with van der Waals surface area (Å²) >= 11 is 7.01. The molecule has 0 spiro atoms. The maximum absolute atomic E-state index is 5.26. The fourth-order valence-electron chi connectivity index (χ4n) is 1.58. The van der Waals surface area contributed by atoms with Crippen molar-refractivity contribution in [3.8, 4) is 0 Å². The molecule has 0 aliphatic rings. The van der Waals surface area contributed by atoms with Crippen molar-refractivity contribution in [2.24, 2.45) is 0 Å². The highest BCUT2D eigenvalue weighted by molar-refractivity contribution is 7.80. The van der Waals surface area contributed by atoms with Crippen molar-refractivity contribution in [3.05, 3.63) is 21.9 Å². The summed E-state index contributed by atoms with van der Waals surface area (Å²) in [7, 11) is 0. The lowest BCUT2D eigenvalue weighted by molar-refractivity contribution is 0.145. The summed E-state index contributed by atoms with van der Waals surface area (Å²) in [6, 6.07) is 2.18. The Morgan fingerprint density at radius 2 is 2.22 bits per heavy atom. The van der Waals surface area contributed by atoms with Crippen LogP contribution >= 0.6 is 23.6 Å². The average molecular weight is 286 g/mol. The standard InChI is InChI=1S/C13H22N2OS2/c1-3-11-6-9-18-12(11)10-15-13(17)14-7-5-8-16-4-2/h6,9H,3-5,7-8,10H2,1-2H3,(H2,14,15,17). The van der Waals surface area contributed by atoms with Crippen molar-refractivity contribution >= 4 is 28.7 Å². The molecule has 0 saturated carbocycles. The molecule has 0 aliphatic carbocycles. The molecule has 0 aliphatic heterocycles. The molecule has 5 heteroatoms. The maximum atomic E-state index is 5.26. The van der Waals surface area contributed by atoms with E-state index in [2.05, 4.69) is 29.0 Å². The van der Waals surface area contributed by atoms with E-state index in [9.17, 15) is 0 Å². The minimum atomic E-state index is 0.724. The summed E-state index contributed by atoms with van der Waals surface area (Å²) in [6.07, 6.45) is 2.06. The topological polar surface area (TPSA) is 33.3 Å².